The maximum absolute atomic E-state index is 11.0. The first-order chi connectivity index (χ1) is 9.20. The third-order valence-corrected chi connectivity index (χ3v) is 3.27. The molecule has 0 saturated heterocycles. The Kier molecular flexibility index (Phi) is 13.0. The third-order valence-electron chi connectivity index (χ3n) is 3.27. The molecule has 1 unspecified atom stereocenters. The van der Waals surface area contributed by atoms with E-state index in [0.29, 0.717) is 6.42 Å². The fourth-order valence-electron chi connectivity index (χ4n) is 2.11. The van der Waals surface area contributed by atoms with Crippen molar-refractivity contribution in [2.24, 2.45) is 0 Å². The average molecular weight is 270 g/mol. The molecule has 0 aromatic rings. The van der Waals surface area contributed by atoms with Crippen molar-refractivity contribution in [1.29, 1.82) is 0 Å². The predicted molar refractivity (Wildman–Crippen MR) is 78.8 cm³/mol. The zero-order valence-corrected chi connectivity index (χ0v) is 12.4. The normalized spacial score (nSPS) is 12.1. The Morgan fingerprint density at radius 3 is 2.26 bits per heavy atom. The summed E-state index contributed by atoms with van der Waals surface area (Å²) in [7, 11) is 0. The first-order valence-corrected chi connectivity index (χ1v) is 7.69. The van der Waals surface area contributed by atoms with Gasteiger partial charge in [-0.25, -0.2) is 0 Å². The van der Waals surface area contributed by atoms with Crippen LogP contribution in [0.15, 0.2) is 12.8 Å². The predicted octanol–water partition coefficient (Wildman–Crippen LogP) is 4.35. The first kappa shape index (κ1) is 18.2. The molecule has 0 aromatic carbocycles. The molecule has 3 heteroatoms. The van der Waals surface area contributed by atoms with Crippen LogP contribution in [-0.4, -0.2) is 17.2 Å². The zero-order chi connectivity index (χ0) is 14.3. The number of unbranched alkanes of at least 4 members (excludes halogenated alkanes) is 6. The van der Waals surface area contributed by atoms with Crippen LogP contribution in [0.25, 0.3) is 0 Å². The second-order valence-corrected chi connectivity index (χ2v) is 5.11. The summed E-state index contributed by atoms with van der Waals surface area (Å²) in [4.78, 5) is 11.0. The highest BCUT2D eigenvalue weighted by Gasteiger charge is 2.04. The monoisotopic (exact) mass is 270 g/mol. The maximum Gasteiger partial charge on any atom is 0.310 e. The van der Waals surface area contributed by atoms with Crippen LogP contribution in [0, 0.1) is 0 Å². The molecule has 0 amide bonds. The van der Waals surface area contributed by atoms with E-state index in [4.69, 9.17) is 0 Å². The average Bonchev–Trinajstić information content (AvgIpc) is 2.39. The van der Waals surface area contributed by atoms with Crippen molar-refractivity contribution in [2.75, 3.05) is 0 Å². The molecule has 0 fully saturated rings. The lowest BCUT2D eigenvalue weighted by molar-refractivity contribution is -0.138. The standard InChI is InChI=1S/C16H30O3/c1-3-5-6-9-12-15(17)13-10-7-8-11-14-16(18)19-4-2/h4,15,17H,2-3,5-14H2,1H3. The molecule has 0 bridgehead atoms. The van der Waals surface area contributed by atoms with Crippen LogP contribution in [0.2, 0.25) is 0 Å². The van der Waals surface area contributed by atoms with Crippen molar-refractivity contribution in [2.45, 2.75) is 83.7 Å². The van der Waals surface area contributed by atoms with Gasteiger partial charge in [0.15, 0.2) is 0 Å². The summed E-state index contributed by atoms with van der Waals surface area (Å²) < 4.78 is 4.64. The van der Waals surface area contributed by atoms with Crippen molar-refractivity contribution in [3.05, 3.63) is 12.8 Å². The van der Waals surface area contributed by atoms with Crippen LogP contribution in [0.1, 0.15) is 77.6 Å². The quantitative estimate of drug-likeness (QED) is 0.307. The Morgan fingerprint density at radius 2 is 1.68 bits per heavy atom. The van der Waals surface area contributed by atoms with Gasteiger partial charge in [-0.2, -0.15) is 0 Å². The second kappa shape index (κ2) is 13.6. The van der Waals surface area contributed by atoms with E-state index in [2.05, 4.69) is 18.2 Å². The highest BCUT2D eigenvalue weighted by molar-refractivity contribution is 5.69. The highest BCUT2D eigenvalue weighted by atomic mass is 16.5. The molecule has 1 N–H and O–H groups in total. The van der Waals surface area contributed by atoms with E-state index >= 15 is 0 Å². The summed E-state index contributed by atoms with van der Waals surface area (Å²) in [6.45, 7) is 5.54. The van der Waals surface area contributed by atoms with E-state index in [1.165, 1.54) is 25.5 Å². The van der Waals surface area contributed by atoms with Gasteiger partial charge >= 0.3 is 5.97 Å². The molecule has 0 aliphatic rings. The minimum atomic E-state index is -0.203. The van der Waals surface area contributed by atoms with Gasteiger partial charge in [0.1, 0.15) is 0 Å². The number of ether oxygens (including phenoxy) is 1. The topological polar surface area (TPSA) is 46.5 Å². The fraction of sp³-hybridized carbons (Fsp3) is 0.812. The largest absolute Gasteiger partial charge is 0.435 e. The Morgan fingerprint density at radius 1 is 1.11 bits per heavy atom. The van der Waals surface area contributed by atoms with Crippen molar-refractivity contribution in [3.63, 3.8) is 0 Å². The molecule has 112 valence electrons. The fourth-order valence-corrected chi connectivity index (χ4v) is 2.11. The van der Waals surface area contributed by atoms with Gasteiger partial charge in [-0.15, -0.1) is 0 Å². The van der Waals surface area contributed by atoms with E-state index < -0.39 is 0 Å². The minimum absolute atomic E-state index is 0.136. The van der Waals surface area contributed by atoms with Gasteiger partial charge in [0.25, 0.3) is 0 Å². The van der Waals surface area contributed by atoms with Gasteiger partial charge < -0.3 is 9.84 Å². The number of aliphatic hydroxyl groups is 1. The molecule has 0 saturated carbocycles. The molecule has 0 aliphatic carbocycles. The third kappa shape index (κ3) is 13.4. The van der Waals surface area contributed by atoms with E-state index in [0.717, 1.165) is 44.9 Å². The first-order valence-electron chi connectivity index (χ1n) is 7.69. The van der Waals surface area contributed by atoms with Crippen LogP contribution in [0.4, 0.5) is 0 Å². The Labute approximate surface area is 118 Å². The number of esters is 1. The molecule has 0 radical (unpaired) electrons. The van der Waals surface area contributed by atoms with Gasteiger partial charge in [-0.05, 0) is 19.3 Å². The van der Waals surface area contributed by atoms with Crippen LogP contribution in [-0.2, 0) is 9.53 Å². The van der Waals surface area contributed by atoms with Crippen molar-refractivity contribution >= 4 is 5.97 Å². The molecular weight excluding hydrogens is 240 g/mol. The number of hydrogen-bond acceptors (Lipinski definition) is 3. The lowest BCUT2D eigenvalue weighted by atomic mass is 10.0. The summed E-state index contributed by atoms with van der Waals surface area (Å²) in [5, 5.41) is 9.78. The SMILES string of the molecule is C=COC(=O)CCCCCCC(O)CCCCCC. The summed E-state index contributed by atoms with van der Waals surface area (Å²) >= 11 is 0. The summed E-state index contributed by atoms with van der Waals surface area (Å²) in [5.74, 6) is -0.203. The second-order valence-electron chi connectivity index (χ2n) is 5.11. The number of rotatable bonds is 13. The molecule has 0 heterocycles. The van der Waals surface area contributed by atoms with E-state index in [1.807, 2.05) is 0 Å². The maximum atomic E-state index is 11.0. The summed E-state index contributed by atoms with van der Waals surface area (Å²) in [6, 6.07) is 0. The number of aliphatic hydroxyl groups excluding tert-OH is 1. The molecule has 1 atom stereocenters. The lowest BCUT2D eigenvalue weighted by Gasteiger charge is -2.09. The van der Waals surface area contributed by atoms with E-state index in [1.54, 1.807) is 0 Å². The highest BCUT2D eigenvalue weighted by Crippen LogP contribution is 2.12. The molecule has 0 aliphatic heterocycles. The van der Waals surface area contributed by atoms with Crippen LogP contribution in [0.3, 0.4) is 0 Å². The van der Waals surface area contributed by atoms with Crippen LogP contribution in [0.5, 0.6) is 0 Å². The minimum Gasteiger partial charge on any atom is -0.435 e. The zero-order valence-electron chi connectivity index (χ0n) is 12.4. The van der Waals surface area contributed by atoms with Gasteiger partial charge in [-0.1, -0.05) is 58.4 Å². The number of carbonyl (C=O) groups is 1. The van der Waals surface area contributed by atoms with E-state index in [9.17, 15) is 9.90 Å². The molecule has 0 aromatic heterocycles. The van der Waals surface area contributed by atoms with Crippen LogP contribution < -0.4 is 0 Å². The Bertz CT molecular complexity index is 226. The van der Waals surface area contributed by atoms with Gasteiger partial charge in [0.05, 0.1) is 12.4 Å². The smallest absolute Gasteiger partial charge is 0.310 e. The molecule has 19 heavy (non-hydrogen) atoms. The van der Waals surface area contributed by atoms with Gasteiger partial charge in [0, 0.05) is 6.42 Å². The van der Waals surface area contributed by atoms with Crippen molar-refractivity contribution in [1.82, 2.24) is 0 Å². The van der Waals surface area contributed by atoms with E-state index in [-0.39, 0.29) is 12.1 Å². The lowest BCUT2D eigenvalue weighted by Crippen LogP contribution is -2.06. The van der Waals surface area contributed by atoms with Crippen molar-refractivity contribution < 1.29 is 14.6 Å². The number of carbonyl (C=O) groups excluding carboxylic acids is 1. The van der Waals surface area contributed by atoms with Crippen LogP contribution >= 0.6 is 0 Å². The Hall–Kier alpha value is -0.830. The summed E-state index contributed by atoms with van der Waals surface area (Å²) in [6.07, 6.45) is 12.2. The molecular formula is C16H30O3. The van der Waals surface area contributed by atoms with Gasteiger partial charge in [-0.3, -0.25) is 4.79 Å². The van der Waals surface area contributed by atoms with Gasteiger partial charge in [0.2, 0.25) is 0 Å². The number of hydrogen-bond donors (Lipinski definition) is 1. The molecule has 0 rings (SSSR count). The molecule has 0 spiro atoms. The molecule has 3 nitrogen and oxygen atoms in total. The Balaban J connectivity index is 3.24. The summed E-state index contributed by atoms with van der Waals surface area (Å²) in [5.41, 5.74) is 0. The van der Waals surface area contributed by atoms with Crippen molar-refractivity contribution in [3.8, 4) is 0 Å².